The van der Waals surface area contributed by atoms with Crippen molar-refractivity contribution in [2.45, 2.75) is 25.5 Å². The van der Waals surface area contributed by atoms with Crippen molar-refractivity contribution >= 4 is 41.3 Å². The molecule has 2 aliphatic heterocycles. The number of guanidine groups is 1. The molecule has 2 aliphatic rings. The number of para-hydroxylation sites is 1. The minimum atomic E-state index is 0. The lowest BCUT2D eigenvalue weighted by Gasteiger charge is -2.27. The van der Waals surface area contributed by atoms with Crippen LogP contribution in [0.25, 0.3) is 0 Å². The van der Waals surface area contributed by atoms with Crippen LogP contribution in [0.4, 0.5) is 0 Å². The lowest BCUT2D eigenvalue weighted by Crippen LogP contribution is -2.45. The molecule has 0 aliphatic carbocycles. The number of benzene rings is 1. The van der Waals surface area contributed by atoms with Gasteiger partial charge in [-0.05, 0) is 35.1 Å². The average molecular weight is 498 g/mol. The molecule has 5 nitrogen and oxygen atoms in total. The SMILES string of the molecule is CN=C(NCCN1CCc2sccc2C1)NCC1Cc2ccccc2O1.I. The smallest absolute Gasteiger partial charge is 0.191 e. The van der Waals surface area contributed by atoms with Crippen LogP contribution in [0.1, 0.15) is 16.0 Å². The zero-order valence-corrected chi connectivity index (χ0v) is 18.8. The molecule has 146 valence electrons. The summed E-state index contributed by atoms with van der Waals surface area (Å²) in [5.74, 6) is 1.86. The van der Waals surface area contributed by atoms with Gasteiger partial charge in [-0.2, -0.15) is 0 Å². The van der Waals surface area contributed by atoms with Gasteiger partial charge in [-0.1, -0.05) is 18.2 Å². The molecule has 0 amide bonds. The lowest BCUT2D eigenvalue weighted by molar-refractivity contribution is 0.234. The largest absolute Gasteiger partial charge is 0.488 e. The van der Waals surface area contributed by atoms with Gasteiger partial charge in [-0.25, -0.2) is 0 Å². The first-order valence-corrected chi connectivity index (χ1v) is 10.2. The van der Waals surface area contributed by atoms with E-state index in [0.29, 0.717) is 0 Å². The second-order valence-electron chi connectivity index (χ2n) is 6.83. The van der Waals surface area contributed by atoms with Gasteiger partial charge in [0.05, 0.1) is 6.54 Å². The Labute approximate surface area is 182 Å². The first-order valence-electron chi connectivity index (χ1n) is 9.28. The third-order valence-corrected chi connectivity index (χ3v) is 6.06. The quantitative estimate of drug-likeness (QED) is 0.378. The Morgan fingerprint density at radius 2 is 2.15 bits per heavy atom. The summed E-state index contributed by atoms with van der Waals surface area (Å²) >= 11 is 1.89. The Bertz CT molecular complexity index is 754. The number of nitrogens with one attached hydrogen (secondary N) is 2. The topological polar surface area (TPSA) is 48.9 Å². The molecule has 2 N–H and O–H groups in total. The first-order chi connectivity index (χ1) is 12.8. The lowest BCUT2D eigenvalue weighted by atomic mass is 10.1. The molecule has 1 atom stereocenters. The van der Waals surface area contributed by atoms with Crippen molar-refractivity contribution < 1.29 is 4.74 Å². The van der Waals surface area contributed by atoms with Gasteiger partial charge >= 0.3 is 0 Å². The summed E-state index contributed by atoms with van der Waals surface area (Å²) in [5.41, 5.74) is 2.79. The van der Waals surface area contributed by atoms with E-state index in [9.17, 15) is 0 Å². The molecule has 7 heteroatoms. The predicted octanol–water partition coefficient (Wildman–Crippen LogP) is 2.89. The highest BCUT2D eigenvalue weighted by Gasteiger charge is 2.22. The number of fused-ring (bicyclic) bond motifs is 2. The van der Waals surface area contributed by atoms with E-state index >= 15 is 0 Å². The van der Waals surface area contributed by atoms with Crippen LogP contribution in [-0.2, 0) is 19.4 Å². The number of nitrogens with zero attached hydrogens (tertiary/aromatic N) is 2. The zero-order valence-electron chi connectivity index (χ0n) is 15.6. The third-order valence-electron chi connectivity index (χ3n) is 5.04. The fraction of sp³-hybridized carbons (Fsp3) is 0.450. The van der Waals surface area contributed by atoms with E-state index < -0.39 is 0 Å². The van der Waals surface area contributed by atoms with Crippen LogP contribution in [0.15, 0.2) is 40.7 Å². The van der Waals surface area contributed by atoms with Gasteiger partial charge in [0.2, 0.25) is 0 Å². The number of rotatable bonds is 5. The maximum atomic E-state index is 5.97. The average Bonchev–Trinajstić information content (AvgIpc) is 3.30. The predicted molar refractivity (Wildman–Crippen MR) is 123 cm³/mol. The van der Waals surface area contributed by atoms with Crippen LogP contribution in [0.3, 0.4) is 0 Å². The standard InChI is InChI=1S/C20H26N4OS.HI/c1-21-20(23-13-17-12-15-4-2-3-5-18(15)25-17)22-8-10-24-9-6-19-16(14-24)7-11-26-19;/h2-5,7,11,17H,6,8-10,12-14H2,1H3,(H2,21,22,23);1H. The Morgan fingerprint density at radius 3 is 3.00 bits per heavy atom. The third kappa shape index (κ3) is 5.14. The summed E-state index contributed by atoms with van der Waals surface area (Å²) in [6.45, 7) is 4.90. The first kappa shape index (κ1) is 20.4. The van der Waals surface area contributed by atoms with Crippen molar-refractivity contribution in [3.8, 4) is 5.75 Å². The molecular weight excluding hydrogens is 471 g/mol. The summed E-state index contributed by atoms with van der Waals surface area (Å²) in [6.07, 6.45) is 2.31. The van der Waals surface area contributed by atoms with Crippen LogP contribution in [0, 0.1) is 0 Å². The molecule has 4 rings (SSSR count). The summed E-state index contributed by atoms with van der Waals surface area (Å²) in [7, 11) is 1.82. The minimum absolute atomic E-state index is 0. The van der Waals surface area contributed by atoms with Crippen molar-refractivity contribution in [3.05, 3.63) is 51.7 Å². The maximum Gasteiger partial charge on any atom is 0.191 e. The van der Waals surface area contributed by atoms with Gasteiger partial charge in [-0.15, -0.1) is 35.3 Å². The monoisotopic (exact) mass is 498 g/mol. The summed E-state index contributed by atoms with van der Waals surface area (Å²) < 4.78 is 5.97. The molecule has 1 aromatic carbocycles. The second-order valence-corrected chi connectivity index (χ2v) is 7.83. The Balaban J connectivity index is 0.00000210. The number of thiophene rings is 1. The highest BCUT2D eigenvalue weighted by molar-refractivity contribution is 14.0. The molecule has 0 fully saturated rings. The minimum Gasteiger partial charge on any atom is -0.488 e. The van der Waals surface area contributed by atoms with Gasteiger partial charge in [0.25, 0.3) is 0 Å². The summed E-state index contributed by atoms with van der Waals surface area (Å²) in [6, 6.07) is 10.5. The molecule has 0 radical (unpaired) electrons. The van der Waals surface area contributed by atoms with Crippen LogP contribution in [-0.4, -0.2) is 50.2 Å². The van der Waals surface area contributed by atoms with Gasteiger partial charge in [0.1, 0.15) is 11.9 Å². The number of hydrogen-bond acceptors (Lipinski definition) is 4. The molecule has 1 unspecified atom stereocenters. The fourth-order valence-electron chi connectivity index (χ4n) is 3.63. The van der Waals surface area contributed by atoms with Gasteiger partial charge in [0, 0.05) is 44.5 Å². The highest BCUT2D eigenvalue weighted by Crippen LogP contribution is 2.27. The van der Waals surface area contributed by atoms with Crippen molar-refractivity contribution in [2.24, 2.45) is 4.99 Å². The number of hydrogen-bond donors (Lipinski definition) is 2. The van der Waals surface area contributed by atoms with E-state index in [1.165, 1.54) is 17.5 Å². The molecular formula is C20H27IN4OS. The maximum absolute atomic E-state index is 5.97. The van der Waals surface area contributed by atoms with E-state index in [1.54, 1.807) is 4.88 Å². The van der Waals surface area contributed by atoms with Gasteiger partial charge in [0.15, 0.2) is 5.96 Å². The molecule has 1 aromatic heterocycles. The fourth-order valence-corrected chi connectivity index (χ4v) is 4.52. The van der Waals surface area contributed by atoms with E-state index in [2.05, 4.69) is 44.1 Å². The molecule has 0 saturated carbocycles. The normalized spacial score (nSPS) is 18.9. The Kier molecular flexibility index (Phi) is 7.37. The Hall–Kier alpha value is -1.32. The van der Waals surface area contributed by atoms with Crippen LogP contribution in [0.2, 0.25) is 0 Å². The van der Waals surface area contributed by atoms with Gasteiger partial charge in [-0.3, -0.25) is 9.89 Å². The van der Waals surface area contributed by atoms with E-state index in [1.807, 2.05) is 30.5 Å². The number of halogens is 1. The van der Waals surface area contributed by atoms with Gasteiger partial charge < -0.3 is 15.4 Å². The van der Waals surface area contributed by atoms with E-state index in [4.69, 9.17) is 4.74 Å². The van der Waals surface area contributed by atoms with Crippen molar-refractivity contribution in [2.75, 3.05) is 33.2 Å². The van der Waals surface area contributed by atoms with Crippen molar-refractivity contribution in [1.82, 2.24) is 15.5 Å². The molecule has 3 heterocycles. The molecule has 0 bridgehead atoms. The van der Waals surface area contributed by atoms with Crippen molar-refractivity contribution in [1.29, 1.82) is 0 Å². The zero-order chi connectivity index (χ0) is 17.8. The molecule has 0 saturated heterocycles. The Morgan fingerprint density at radius 1 is 1.26 bits per heavy atom. The van der Waals surface area contributed by atoms with Crippen LogP contribution < -0.4 is 15.4 Å². The van der Waals surface area contributed by atoms with E-state index in [0.717, 1.165) is 50.9 Å². The molecule has 2 aromatic rings. The molecule has 27 heavy (non-hydrogen) atoms. The highest BCUT2D eigenvalue weighted by atomic mass is 127. The number of ether oxygens (including phenoxy) is 1. The summed E-state index contributed by atoms with van der Waals surface area (Å²) in [5, 5.41) is 9.03. The number of aliphatic imine (C=N–C) groups is 1. The van der Waals surface area contributed by atoms with Crippen molar-refractivity contribution in [3.63, 3.8) is 0 Å². The van der Waals surface area contributed by atoms with Crippen LogP contribution in [0.5, 0.6) is 5.75 Å². The van der Waals surface area contributed by atoms with Crippen LogP contribution >= 0.6 is 35.3 Å². The second kappa shape index (κ2) is 9.75. The summed E-state index contributed by atoms with van der Waals surface area (Å²) in [4.78, 5) is 8.40. The van der Waals surface area contributed by atoms with E-state index in [-0.39, 0.29) is 30.1 Å². The molecule has 0 spiro atoms.